The van der Waals surface area contributed by atoms with Gasteiger partial charge in [-0.3, -0.25) is 10.1 Å². The normalized spacial score (nSPS) is 10.7. The molecule has 0 atom stereocenters. The molecule has 6 nitrogen and oxygen atoms in total. The maximum Gasteiger partial charge on any atom is 0.257 e. The van der Waals surface area contributed by atoms with Crippen molar-refractivity contribution in [2.24, 2.45) is 0 Å². The molecule has 0 spiro atoms. The van der Waals surface area contributed by atoms with E-state index in [-0.39, 0.29) is 11.8 Å². The minimum atomic E-state index is -0.199. The minimum absolute atomic E-state index is 0.199. The molecule has 2 heterocycles. The van der Waals surface area contributed by atoms with Gasteiger partial charge in [-0.25, -0.2) is 4.98 Å². The van der Waals surface area contributed by atoms with Crippen molar-refractivity contribution < 1.29 is 4.79 Å². The molecule has 0 unspecified atom stereocenters. The fraction of sp³-hybridized carbons (Fsp3) is 0.429. The third-order valence-electron chi connectivity index (χ3n) is 2.84. The summed E-state index contributed by atoms with van der Waals surface area (Å²) in [5, 5.41) is 14.0. The number of hydrogen-bond acceptors (Lipinski definition) is 6. The molecule has 0 bridgehead atoms. The summed E-state index contributed by atoms with van der Waals surface area (Å²) in [4.78, 5) is 16.8. The van der Waals surface area contributed by atoms with E-state index in [4.69, 9.17) is 0 Å². The number of hydrogen-bond donors (Lipinski definition) is 2. The summed E-state index contributed by atoms with van der Waals surface area (Å²) in [6.45, 7) is 7.02. The molecule has 0 fully saturated rings. The Labute approximate surface area is 128 Å². The van der Waals surface area contributed by atoms with Crippen LogP contribution in [0.15, 0.2) is 17.6 Å². The molecule has 0 aromatic carbocycles. The zero-order valence-electron chi connectivity index (χ0n) is 12.4. The number of aromatic nitrogens is 3. The van der Waals surface area contributed by atoms with E-state index in [1.165, 1.54) is 11.3 Å². The Bertz CT molecular complexity index is 597. The van der Waals surface area contributed by atoms with Crippen LogP contribution in [0.4, 0.5) is 10.9 Å². The van der Waals surface area contributed by atoms with Crippen molar-refractivity contribution in [2.45, 2.75) is 33.1 Å². The molecule has 1 amide bonds. The molecule has 0 aliphatic rings. The SMILES string of the molecule is CCCNc1cc(C(=O)Nc2nncs2)cc(C(C)C)n1. The van der Waals surface area contributed by atoms with Crippen LogP contribution in [0.2, 0.25) is 0 Å². The van der Waals surface area contributed by atoms with Crippen LogP contribution in [0.3, 0.4) is 0 Å². The molecule has 112 valence electrons. The van der Waals surface area contributed by atoms with Gasteiger partial charge in [0.2, 0.25) is 5.13 Å². The first kappa shape index (κ1) is 15.4. The van der Waals surface area contributed by atoms with Crippen molar-refractivity contribution in [1.82, 2.24) is 15.2 Å². The molecule has 2 aromatic rings. The molecule has 0 aliphatic carbocycles. The van der Waals surface area contributed by atoms with Crippen LogP contribution in [0.1, 0.15) is 49.2 Å². The first-order chi connectivity index (χ1) is 10.1. The van der Waals surface area contributed by atoms with Gasteiger partial charge in [0.15, 0.2) is 0 Å². The lowest BCUT2D eigenvalue weighted by Gasteiger charge is -2.12. The van der Waals surface area contributed by atoms with Crippen molar-refractivity contribution in [3.63, 3.8) is 0 Å². The van der Waals surface area contributed by atoms with Crippen LogP contribution in [0.25, 0.3) is 0 Å². The Balaban J connectivity index is 2.23. The van der Waals surface area contributed by atoms with E-state index < -0.39 is 0 Å². The largest absolute Gasteiger partial charge is 0.370 e. The Morgan fingerprint density at radius 2 is 2.19 bits per heavy atom. The fourth-order valence-electron chi connectivity index (χ4n) is 1.72. The predicted molar refractivity (Wildman–Crippen MR) is 85.0 cm³/mol. The molecule has 7 heteroatoms. The molecule has 0 saturated carbocycles. The highest BCUT2D eigenvalue weighted by Gasteiger charge is 2.13. The predicted octanol–water partition coefficient (Wildman–Crippen LogP) is 3.13. The van der Waals surface area contributed by atoms with E-state index in [1.54, 1.807) is 11.6 Å². The van der Waals surface area contributed by atoms with Crippen LogP contribution in [-0.4, -0.2) is 27.6 Å². The third kappa shape index (κ3) is 4.22. The molecule has 0 saturated heterocycles. The van der Waals surface area contributed by atoms with Crippen molar-refractivity contribution in [3.8, 4) is 0 Å². The molecule has 21 heavy (non-hydrogen) atoms. The summed E-state index contributed by atoms with van der Waals surface area (Å²) < 4.78 is 0. The van der Waals surface area contributed by atoms with E-state index in [0.717, 1.165) is 24.5 Å². The van der Waals surface area contributed by atoms with Gasteiger partial charge >= 0.3 is 0 Å². The number of pyridine rings is 1. The topological polar surface area (TPSA) is 79.8 Å². The van der Waals surface area contributed by atoms with Gasteiger partial charge in [-0.1, -0.05) is 32.1 Å². The van der Waals surface area contributed by atoms with Gasteiger partial charge < -0.3 is 5.32 Å². The van der Waals surface area contributed by atoms with E-state index >= 15 is 0 Å². The number of anilines is 2. The summed E-state index contributed by atoms with van der Waals surface area (Å²) >= 11 is 1.29. The number of nitrogens with one attached hydrogen (secondary N) is 2. The van der Waals surface area contributed by atoms with Crippen molar-refractivity contribution in [3.05, 3.63) is 28.9 Å². The van der Waals surface area contributed by atoms with Crippen LogP contribution < -0.4 is 10.6 Å². The summed E-state index contributed by atoms with van der Waals surface area (Å²) in [7, 11) is 0. The highest BCUT2D eigenvalue weighted by Crippen LogP contribution is 2.19. The summed E-state index contributed by atoms with van der Waals surface area (Å²) in [5.41, 5.74) is 3.04. The van der Waals surface area contributed by atoms with Crippen LogP contribution >= 0.6 is 11.3 Å². The average Bonchev–Trinajstić information content (AvgIpc) is 2.97. The summed E-state index contributed by atoms with van der Waals surface area (Å²) in [6, 6.07) is 3.58. The van der Waals surface area contributed by atoms with Crippen LogP contribution in [-0.2, 0) is 0 Å². The average molecular weight is 305 g/mol. The lowest BCUT2D eigenvalue weighted by molar-refractivity contribution is 0.102. The molecule has 0 radical (unpaired) electrons. The zero-order chi connectivity index (χ0) is 15.2. The summed E-state index contributed by atoms with van der Waals surface area (Å²) in [6.07, 6.45) is 1.000. The van der Waals surface area contributed by atoms with Crippen LogP contribution in [0.5, 0.6) is 0 Å². The molecular formula is C14H19N5OS. The standard InChI is InChI=1S/C14H19N5OS/c1-4-5-15-12-7-10(6-11(17-12)9(2)3)13(20)18-14-19-16-8-21-14/h6-9H,4-5H2,1-3H3,(H,15,17)(H,18,19,20). The number of carbonyl (C=O) groups is 1. The Kier molecular flexibility index (Phi) is 5.21. The van der Waals surface area contributed by atoms with Crippen molar-refractivity contribution in [2.75, 3.05) is 17.2 Å². The van der Waals surface area contributed by atoms with E-state index in [2.05, 4.69) is 46.6 Å². The quantitative estimate of drug-likeness (QED) is 0.857. The van der Waals surface area contributed by atoms with E-state index in [1.807, 2.05) is 6.07 Å². The number of amides is 1. The third-order valence-corrected chi connectivity index (χ3v) is 3.44. The second-order valence-electron chi connectivity index (χ2n) is 4.95. The minimum Gasteiger partial charge on any atom is -0.370 e. The van der Waals surface area contributed by atoms with Gasteiger partial charge in [-0.05, 0) is 24.5 Å². The second-order valence-corrected chi connectivity index (χ2v) is 5.78. The van der Waals surface area contributed by atoms with Crippen molar-refractivity contribution >= 4 is 28.2 Å². The second kappa shape index (κ2) is 7.12. The highest BCUT2D eigenvalue weighted by molar-refractivity contribution is 7.13. The van der Waals surface area contributed by atoms with Crippen LogP contribution in [0, 0.1) is 0 Å². The fourth-order valence-corrected chi connectivity index (χ4v) is 2.16. The number of carbonyl (C=O) groups excluding carboxylic acids is 1. The number of rotatable bonds is 6. The molecule has 0 aliphatic heterocycles. The highest BCUT2D eigenvalue weighted by atomic mass is 32.1. The maximum absolute atomic E-state index is 12.3. The lowest BCUT2D eigenvalue weighted by Crippen LogP contribution is -2.14. The zero-order valence-corrected chi connectivity index (χ0v) is 13.2. The first-order valence-electron chi connectivity index (χ1n) is 6.93. The smallest absolute Gasteiger partial charge is 0.257 e. The maximum atomic E-state index is 12.3. The van der Waals surface area contributed by atoms with Gasteiger partial charge in [-0.2, -0.15) is 0 Å². The number of nitrogens with zero attached hydrogens (tertiary/aromatic N) is 3. The van der Waals surface area contributed by atoms with E-state index in [0.29, 0.717) is 10.7 Å². The first-order valence-corrected chi connectivity index (χ1v) is 7.81. The Morgan fingerprint density at radius 3 is 2.81 bits per heavy atom. The molecule has 2 rings (SSSR count). The summed E-state index contributed by atoms with van der Waals surface area (Å²) in [5.74, 6) is 0.780. The Hall–Kier alpha value is -2.02. The molecular weight excluding hydrogens is 286 g/mol. The van der Waals surface area contributed by atoms with Gasteiger partial charge in [0.1, 0.15) is 11.3 Å². The molecule has 2 aromatic heterocycles. The van der Waals surface area contributed by atoms with Gasteiger partial charge in [0.25, 0.3) is 5.91 Å². The lowest BCUT2D eigenvalue weighted by atomic mass is 10.1. The monoisotopic (exact) mass is 305 g/mol. The van der Waals surface area contributed by atoms with Gasteiger partial charge in [0.05, 0.1) is 0 Å². The van der Waals surface area contributed by atoms with Gasteiger partial charge in [-0.15, -0.1) is 10.2 Å². The molecule has 2 N–H and O–H groups in total. The van der Waals surface area contributed by atoms with E-state index in [9.17, 15) is 4.79 Å². The van der Waals surface area contributed by atoms with Crippen molar-refractivity contribution in [1.29, 1.82) is 0 Å². The Morgan fingerprint density at radius 1 is 1.38 bits per heavy atom. The van der Waals surface area contributed by atoms with Gasteiger partial charge in [0, 0.05) is 17.8 Å².